The number of aryl methyl sites for hydroxylation is 1. The summed E-state index contributed by atoms with van der Waals surface area (Å²) in [6.45, 7) is 4.31. The Hall–Kier alpha value is -1.96. The third-order valence-corrected chi connectivity index (χ3v) is 3.54. The van der Waals surface area contributed by atoms with Crippen LogP contribution in [0.3, 0.4) is 0 Å². The minimum Gasteiger partial charge on any atom is -0.368 e. The van der Waals surface area contributed by atoms with Crippen LogP contribution in [0.4, 0.5) is 17.5 Å². The summed E-state index contributed by atoms with van der Waals surface area (Å²) in [5, 5.41) is 14.2. The van der Waals surface area contributed by atoms with Crippen molar-refractivity contribution in [3.8, 4) is 0 Å². The molecule has 8 nitrogen and oxygen atoms in total. The van der Waals surface area contributed by atoms with Crippen molar-refractivity contribution >= 4 is 17.5 Å². The Morgan fingerprint density at radius 2 is 2.30 bits per heavy atom. The molecule has 2 heterocycles. The van der Waals surface area contributed by atoms with Gasteiger partial charge in [0.05, 0.1) is 4.92 Å². The quantitative estimate of drug-likeness (QED) is 0.626. The van der Waals surface area contributed by atoms with Gasteiger partial charge < -0.3 is 16.0 Å². The van der Waals surface area contributed by atoms with Crippen LogP contribution in [0.1, 0.15) is 18.5 Å². The molecule has 1 aliphatic rings. The van der Waals surface area contributed by atoms with Crippen LogP contribution in [0.15, 0.2) is 0 Å². The summed E-state index contributed by atoms with van der Waals surface area (Å²) in [6.07, 6.45) is 2.26. The average Bonchev–Trinajstić information content (AvgIpc) is 2.35. The largest absolute Gasteiger partial charge is 0.368 e. The predicted octanol–water partition coefficient (Wildman–Crippen LogP) is 1.03. The van der Waals surface area contributed by atoms with E-state index in [2.05, 4.69) is 27.2 Å². The number of piperidine rings is 1. The minimum absolute atomic E-state index is 0.0522. The van der Waals surface area contributed by atoms with Crippen molar-refractivity contribution in [1.82, 2.24) is 14.9 Å². The van der Waals surface area contributed by atoms with E-state index in [9.17, 15) is 10.1 Å². The first-order valence-electron chi connectivity index (χ1n) is 6.68. The molecule has 1 aliphatic heterocycles. The molecule has 0 amide bonds. The van der Waals surface area contributed by atoms with Crippen LogP contribution in [0.2, 0.25) is 0 Å². The lowest BCUT2D eigenvalue weighted by molar-refractivity contribution is -0.385. The number of hydrogen-bond acceptors (Lipinski definition) is 7. The molecule has 0 aliphatic carbocycles. The molecule has 1 aromatic rings. The highest BCUT2D eigenvalue weighted by Gasteiger charge is 2.23. The highest BCUT2D eigenvalue weighted by molar-refractivity contribution is 5.60. The molecule has 8 heteroatoms. The summed E-state index contributed by atoms with van der Waals surface area (Å²) in [5.74, 6) is 0.731. The Bertz CT molecular complexity index is 507. The first kappa shape index (κ1) is 14.4. The van der Waals surface area contributed by atoms with Crippen LogP contribution in [0, 0.1) is 23.0 Å². The number of nitrogens with zero attached hydrogens (tertiary/aromatic N) is 4. The molecule has 1 unspecified atom stereocenters. The van der Waals surface area contributed by atoms with Gasteiger partial charge in [-0.1, -0.05) is 0 Å². The molecule has 3 N–H and O–H groups in total. The number of nitrogens with one attached hydrogen (secondary N) is 1. The van der Waals surface area contributed by atoms with Crippen LogP contribution in [-0.2, 0) is 0 Å². The number of nitro groups is 1. The van der Waals surface area contributed by atoms with E-state index in [-0.39, 0.29) is 23.1 Å². The topological polar surface area (TPSA) is 110 Å². The molecule has 0 radical (unpaired) electrons. The summed E-state index contributed by atoms with van der Waals surface area (Å²) in [6, 6.07) is 0. The van der Waals surface area contributed by atoms with E-state index in [0.717, 1.165) is 25.9 Å². The molecule has 1 atom stereocenters. The Balaban J connectivity index is 2.10. The van der Waals surface area contributed by atoms with E-state index in [1.165, 1.54) is 0 Å². The number of aromatic nitrogens is 2. The fraction of sp³-hybridized carbons (Fsp3) is 0.667. The lowest BCUT2D eigenvalue weighted by Gasteiger charge is -2.29. The van der Waals surface area contributed by atoms with Crippen LogP contribution in [-0.4, -0.2) is 46.5 Å². The van der Waals surface area contributed by atoms with Gasteiger partial charge in [-0.05, 0) is 39.3 Å². The molecule has 2 rings (SSSR count). The predicted molar refractivity (Wildman–Crippen MR) is 76.5 cm³/mol. The number of likely N-dealkylation sites (tertiary alicyclic amines) is 1. The summed E-state index contributed by atoms with van der Waals surface area (Å²) in [7, 11) is 2.08. The Labute approximate surface area is 117 Å². The third kappa shape index (κ3) is 3.32. The lowest BCUT2D eigenvalue weighted by Crippen LogP contribution is -2.35. The van der Waals surface area contributed by atoms with Crippen molar-refractivity contribution in [3.05, 3.63) is 15.8 Å². The second-order valence-electron chi connectivity index (χ2n) is 5.27. The molecule has 1 fully saturated rings. The summed E-state index contributed by atoms with van der Waals surface area (Å²) in [5.41, 5.74) is 5.76. The zero-order chi connectivity index (χ0) is 14.7. The number of anilines is 2. The van der Waals surface area contributed by atoms with Crippen LogP contribution >= 0.6 is 0 Å². The molecule has 110 valence electrons. The Morgan fingerprint density at radius 1 is 1.55 bits per heavy atom. The standard InChI is InChI=1S/C12H20N6O2/c1-8-10(18(19)20)11(16-12(13)15-8)14-6-9-4-3-5-17(2)7-9/h9H,3-7H2,1-2H3,(H3,13,14,15,16). The maximum absolute atomic E-state index is 11.1. The lowest BCUT2D eigenvalue weighted by atomic mass is 9.98. The highest BCUT2D eigenvalue weighted by atomic mass is 16.6. The summed E-state index contributed by atoms with van der Waals surface area (Å²) in [4.78, 5) is 20.7. The van der Waals surface area contributed by atoms with Gasteiger partial charge in [-0.25, -0.2) is 4.98 Å². The van der Waals surface area contributed by atoms with E-state index in [1.54, 1.807) is 6.92 Å². The van der Waals surface area contributed by atoms with Crippen molar-refractivity contribution in [2.24, 2.45) is 5.92 Å². The van der Waals surface area contributed by atoms with Crippen molar-refractivity contribution in [3.63, 3.8) is 0 Å². The van der Waals surface area contributed by atoms with Gasteiger partial charge in [0.25, 0.3) is 0 Å². The van der Waals surface area contributed by atoms with Gasteiger partial charge in [0.15, 0.2) is 0 Å². The second-order valence-corrected chi connectivity index (χ2v) is 5.27. The minimum atomic E-state index is -0.468. The third-order valence-electron chi connectivity index (χ3n) is 3.54. The molecule has 1 aromatic heterocycles. The fourth-order valence-corrected chi connectivity index (χ4v) is 2.61. The van der Waals surface area contributed by atoms with E-state index in [4.69, 9.17) is 5.73 Å². The maximum Gasteiger partial charge on any atom is 0.332 e. The SMILES string of the molecule is Cc1nc(N)nc(NCC2CCCN(C)C2)c1[N+](=O)[O-]. The van der Waals surface area contributed by atoms with Gasteiger partial charge in [-0.15, -0.1) is 0 Å². The number of nitrogen functional groups attached to an aromatic ring is 1. The molecular formula is C12H20N6O2. The Kier molecular flexibility index (Phi) is 4.33. The van der Waals surface area contributed by atoms with Crippen molar-refractivity contribution < 1.29 is 4.92 Å². The van der Waals surface area contributed by atoms with Gasteiger partial charge in [-0.3, -0.25) is 10.1 Å². The number of rotatable bonds is 4. The van der Waals surface area contributed by atoms with Crippen molar-refractivity contribution in [1.29, 1.82) is 0 Å². The van der Waals surface area contributed by atoms with Gasteiger partial charge >= 0.3 is 5.69 Å². The van der Waals surface area contributed by atoms with E-state index in [1.807, 2.05) is 0 Å². The zero-order valence-corrected chi connectivity index (χ0v) is 11.8. The molecule has 1 saturated heterocycles. The summed E-state index contributed by atoms with van der Waals surface area (Å²) < 4.78 is 0. The zero-order valence-electron chi connectivity index (χ0n) is 11.8. The second kappa shape index (κ2) is 6.00. The average molecular weight is 280 g/mol. The van der Waals surface area contributed by atoms with Crippen LogP contribution in [0.5, 0.6) is 0 Å². The molecule has 0 saturated carbocycles. The fourth-order valence-electron chi connectivity index (χ4n) is 2.61. The monoisotopic (exact) mass is 280 g/mol. The molecule has 0 aromatic carbocycles. The molecular weight excluding hydrogens is 260 g/mol. The van der Waals surface area contributed by atoms with Crippen LogP contribution in [0.25, 0.3) is 0 Å². The first-order valence-corrected chi connectivity index (χ1v) is 6.68. The first-order chi connectivity index (χ1) is 9.47. The number of nitrogens with two attached hydrogens (primary N) is 1. The van der Waals surface area contributed by atoms with Gasteiger partial charge in [-0.2, -0.15) is 4.98 Å². The smallest absolute Gasteiger partial charge is 0.332 e. The van der Waals surface area contributed by atoms with Crippen LogP contribution < -0.4 is 11.1 Å². The van der Waals surface area contributed by atoms with Gasteiger partial charge in [0.2, 0.25) is 11.8 Å². The normalized spacial score (nSPS) is 19.8. The highest BCUT2D eigenvalue weighted by Crippen LogP contribution is 2.26. The van der Waals surface area contributed by atoms with E-state index < -0.39 is 4.92 Å². The van der Waals surface area contributed by atoms with E-state index in [0.29, 0.717) is 12.5 Å². The van der Waals surface area contributed by atoms with Gasteiger partial charge in [0.1, 0.15) is 5.69 Å². The Morgan fingerprint density at radius 3 is 2.95 bits per heavy atom. The van der Waals surface area contributed by atoms with E-state index >= 15 is 0 Å². The molecule has 0 bridgehead atoms. The maximum atomic E-state index is 11.1. The number of hydrogen-bond donors (Lipinski definition) is 2. The molecule has 20 heavy (non-hydrogen) atoms. The molecule has 0 spiro atoms. The van der Waals surface area contributed by atoms with Crippen molar-refractivity contribution in [2.45, 2.75) is 19.8 Å². The van der Waals surface area contributed by atoms with Gasteiger partial charge in [0, 0.05) is 13.1 Å². The van der Waals surface area contributed by atoms with Crippen molar-refractivity contribution in [2.75, 3.05) is 37.7 Å². The summed E-state index contributed by atoms with van der Waals surface area (Å²) >= 11 is 0.